The number of esters is 1. The molecule has 0 amide bonds. The predicted molar refractivity (Wildman–Crippen MR) is 69.4 cm³/mol. The van der Waals surface area contributed by atoms with E-state index in [9.17, 15) is 9.59 Å². The van der Waals surface area contributed by atoms with Crippen molar-refractivity contribution in [1.82, 2.24) is 4.90 Å². The van der Waals surface area contributed by atoms with Gasteiger partial charge in [0.05, 0.1) is 13.0 Å². The van der Waals surface area contributed by atoms with Crippen LogP contribution in [0.3, 0.4) is 0 Å². The Bertz CT molecular complexity index is 404. The lowest BCUT2D eigenvalue weighted by Crippen LogP contribution is -2.22. The van der Waals surface area contributed by atoms with Gasteiger partial charge in [0.15, 0.2) is 0 Å². The van der Waals surface area contributed by atoms with Crippen LogP contribution in [0.1, 0.15) is 29.3 Å². The van der Waals surface area contributed by atoms with Crippen LogP contribution in [0, 0.1) is 0 Å². The molecule has 4 nitrogen and oxygen atoms in total. The zero-order valence-corrected chi connectivity index (χ0v) is 10.9. The topological polar surface area (TPSA) is 46.6 Å². The Morgan fingerprint density at radius 3 is 2.89 bits per heavy atom. The van der Waals surface area contributed by atoms with Crippen LogP contribution in [-0.4, -0.2) is 37.4 Å². The lowest BCUT2D eigenvalue weighted by molar-refractivity contribution is -0.143. The molecule has 0 atom stereocenters. The zero-order chi connectivity index (χ0) is 13.4. The summed E-state index contributed by atoms with van der Waals surface area (Å²) in [7, 11) is 1.94. The molecule has 0 fully saturated rings. The van der Waals surface area contributed by atoms with Crippen LogP contribution >= 0.6 is 0 Å². The van der Waals surface area contributed by atoms with Gasteiger partial charge in [-0.3, -0.25) is 9.59 Å². The highest BCUT2D eigenvalue weighted by molar-refractivity contribution is 5.74. The summed E-state index contributed by atoms with van der Waals surface area (Å²) in [6.45, 7) is 3.57. The quantitative estimate of drug-likeness (QED) is 0.547. The fourth-order valence-electron chi connectivity index (χ4n) is 1.67. The summed E-state index contributed by atoms with van der Waals surface area (Å²) in [5.74, 6) is -0.175. The maximum absolute atomic E-state index is 11.2. The molecule has 1 rings (SSSR count). The van der Waals surface area contributed by atoms with Crippen LogP contribution in [-0.2, 0) is 16.1 Å². The molecule has 1 aromatic carbocycles. The molecule has 0 aliphatic carbocycles. The van der Waals surface area contributed by atoms with Gasteiger partial charge in [-0.05, 0) is 25.6 Å². The van der Waals surface area contributed by atoms with E-state index in [1.54, 1.807) is 13.0 Å². The molecular formula is C14H19NO3. The Labute approximate surface area is 108 Å². The van der Waals surface area contributed by atoms with E-state index >= 15 is 0 Å². The van der Waals surface area contributed by atoms with E-state index in [1.165, 1.54) is 0 Å². The number of ether oxygens (including phenoxy) is 1. The molecule has 0 saturated carbocycles. The molecule has 0 aliphatic heterocycles. The third-order valence-corrected chi connectivity index (χ3v) is 2.54. The van der Waals surface area contributed by atoms with E-state index in [-0.39, 0.29) is 5.97 Å². The van der Waals surface area contributed by atoms with Crippen molar-refractivity contribution in [3.63, 3.8) is 0 Å². The molecule has 0 unspecified atom stereocenters. The second kappa shape index (κ2) is 7.61. The number of benzene rings is 1. The number of nitrogens with zero attached hydrogens (tertiary/aromatic N) is 1. The van der Waals surface area contributed by atoms with Gasteiger partial charge >= 0.3 is 5.97 Å². The van der Waals surface area contributed by atoms with Gasteiger partial charge < -0.3 is 9.64 Å². The SMILES string of the molecule is CCOC(=O)CCN(C)Cc1cccc(C=O)c1. The normalized spacial score (nSPS) is 10.4. The van der Waals surface area contributed by atoms with Crippen LogP contribution < -0.4 is 0 Å². The van der Waals surface area contributed by atoms with Gasteiger partial charge in [-0.2, -0.15) is 0 Å². The van der Waals surface area contributed by atoms with E-state index in [2.05, 4.69) is 0 Å². The molecule has 0 N–H and O–H groups in total. The lowest BCUT2D eigenvalue weighted by atomic mass is 10.1. The van der Waals surface area contributed by atoms with Gasteiger partial charge in [-0.25, -0.2) is 0 Å². The minimum absolute atomic E-state index is 0.175. The smallest absolute Gasteiger partial charge is 0.307 e. The summed E-state index contributed by atoms with van der Waals surface area (Å²) < 4.78 is 4.87. The molecule has 4 heteroatoms. The van der Waals surface area contributed by atoms with E-state index in [4.69, 9.17) is 4.74 Å². The van der Waals surface area contributed by atoms with E-state index in [1.807, 2.05) is 30.1 Å². The third kappa shape index (κ3) is 5.10. The van der Waals surface area contributed by atoms with E-state index in [0.717, 1.165) is 11.8 Å². The highest BCUT2D eigenvalue weighted by Crippen LogP contribution is 2.06. The van der Waals surface area contributed by atoms with Crippen molar-refractivity contribution in [3.05, 3.63) is 35.4 Å². The average molecular weight is 249 g/mol. The summed E-state index contributed by atoms with van der Waals surface area (Å²) in [6, 6.07) is 7.45. The van der Waals surface area contributed by atoms with Crippen LogP contribution in [0.5, 0.6) is 0 Å². The van der Waals surface area contributed by atoms with E-state index < -0.39 is 0 Å². The van der Waals surface area contributed by atoms with Gasteiger partial charge in [0, 0.05) is 18.7 Å². The molecule has 0 saturated heterocycles. The van der Waals surface area contributed by atoms with Crippen LogP contribution in [0.4, 0.5) is 0 Å². The summed E-state index contributed by atoms with van der Waals surface area (Å²) >= 11 is 0. The molecule has 0 heterocycles. The molecule has 0 radical (unpaired) electrons. The Morgan fingerprint density at radius 1 is 1.44 bits per heavy atom. The minimum Gasteiger partial charge on any atom is -0.466 e. The molecule has 18 heavy (non-hydrogen) atoms. The number of carbonyl (C=O) groups is 2. The van der Waals surface area contributed by atoms with Crippen molar-refractivity contribution in [3.8, 4) is 0 Å². The molecule has 1 aromatic rings. The fourth-order valence-corrected chi connectivity index (χ4v) is 1.67. The van der Waals surface area contributed by atoms with Gasteiger partial charge in [0.25, 0.3) is 0 Å². The first-order valence-corrected chi connectivity index (χ1v) is 6.04. The van der Waals surface area contributed by atoms with Crippen molar-refractivity contribution >= 4 is 12.3 Å². The maximum Gasteiger partial charge on any atom is 0.307 e. The second-order valence-corrected chi connectivity index (χ2v) is 4.16. The summed E-state index contributed by atoms with van der Waals surface area (Å²) in [6.07, 6.45) is 1.22. The monoisotopic (exact) mass is 249 g/mol. The largest absolute Gasteiger partial charge is 0.466 e. The van der Waals surface area contributed by atoms with E-state index in [0.29, 0.717) is 31.7 Å². The van der Waals surface area contributed by atoms with Crippen LogP contribution in [0.25, 0.3) is 0 Å². The maximum atomic E-state index is 11.2. The standard InChI is InChI=1S/C14H19NO3/c1-3-18-14(17)7-8-15(2)10-12-5-4-6-13(9-12)11-16/h4-6,9,11H,3,7-8,10H2,1-2H3. The first-order valence-electron chi connectivity index (χ1n) is 6.04. The van der Waals surface area contributed by atoms with Gasteiger partial charge in [0.1, 0.15) is 6.29 Å². The summed E-state index contributed by atoms with van der Waals surface area (Å²) in [5, 5.41) is 0. The highest BCUT2D eigenvalue weighted by atomic mass is 16.5. The molecule has 0 aromatic heterocycles. The van der Waals surface area contributed by atoms with Crippen molar-refractivity contribution in [2.24, 2.45) is 0 Å². The van der Waals surface area contributed by atoms with Gasteiger partial charge in [0.2, 0.25) is 0 Å². The molecule has 0 aliphatic rings. The van der Waals surface area contributed by atoms with Gasteiger partial charge in [-0.15, -0.1) is 0 Å². The summed E-state index contributed by atoms with van der Waals surface area (Å²) in [4.78, 5) is 23.9. The Kier molecular flexibility index (Phi) is 6.08. The average Bonchev–Trinajstić information content (AvgIpc) is 2.37. The number of hydrogen-bond acceptors (Lipinski definition) is 4. The number of carbonyl (C=O) groups excluding carboxylic acids is 2. The first kappa shape index (κ1) is 14.4. The van der Waals surface area contributed by atoms with Crippen molar-refractivity contribution < 1.29 is 14.3 Å². The number of aldehydes is 1. The molecule has 0 spiro atoms. The minimum atomic E-state index is -0.175. The zero-order valence-electron chi connectivity index (χ0n) is 10.9. The van der Waals surface area contributed by atoms with Crippen LogP contribution in [0.15, 0.2) is 24.3 Å². The van der Waals surface area contributed by atoms with Crippen molar-refractivity contribution in [2.45, 2.75) is 19.9 Å². The third-order valence-electron chi connectivity index (χ3n) is 2.54. The van der Waals surface area contributed by atoms with Crippen LogP contribution in [0.2, 0.25) is 0 Å². The highest BCUT2D eigenvalue weighted by Gasteiger charge is 2.06. The Morgan fingerprint density at radius 2 is 2.22 bits per heavy atom. The van der Waals surface area contributed by atoms with Crippen molar-refractivity contribution in [2.75, 3.05) is 20.2 Å². The molecule has 98 valence electrons. The second-order valence-electron chi connectivity index (χ2n) is 4.16. The molecule has 0 bridgehead atoms. The van der Waals surface area contributed by atoms with Gasteiger partial charge in [-0.1, -0.05) is 18.2 Å². The number of rotatable bonds is 7. The Hall–Kier alpha value is -1.68. The lowest BCUT2D eigenvalue weighted by Gasteiger charge is -2.16. The number of hydrogen-bond donors (Lipinski definition) is 0. The fraction of sp³-hybridized carbons (Fsp3) is 0.429. The predicted octanol–water partition coefficient (Wildman–Crippen LogP) is 1.88. The Balaban J connectivity index is 2.41. The molecular weight excluding hydrogens is 230 g/mol. The summed E-state index contributed by atoms with van der Waals surface area (Å²) in [5.41, 5.74) is 1.73. The van der Waals surface area contributed by atoms with Crippen molar-refractivity contribution in [1.29, 1.82) is 0 Å². The first-order chi connectivity index (χ1) is 8.65.